The zero-order valence-corrected chi connectivity index (χ0v) is 9.56. The number of terminal acetylenes is 1. The molecule has 0 aliphatic rings. The van der Waals surface area contributed by atoms with Crippen LogP contribution in [-0.2, 0) is 4.79 Å². The van der Waals surface area contributed by atoms with Gasteiger partial charge in [-0.05, 0) is 13.8 Å². The zero-order valence-electron chi connectivity index (χ0n) is 9.56. The summed E-state index contributed by atoms with van der Waals surface area (Å²) in [5.74, 6) is 0.984. The van der Waals surface area contributed by atoms with E-state index in [0.29, 0.717) is 11.5 Å². The van der Waals surface area contributed by atoms with Crippen LogP contribution in [0, 0.1) is 26.2 Å². The molecule has 17 heavy (non-hydrogen) atoms. The number of hydrogen-bond acceptors (Lipinski definition) is 4. The SMILES string of the molecule is C#CCN(CC(=O)O)C(=O)c1c(C)noc1C. The number of amides is 1. The molecule has 0 spiro atoms. The third-order valence-electron chi connectivity index (χ3n) is 2.14. The molecule has 1 rings (SSSR count). The Labute approximate surface area is 98.2 Å². The molecule has 0 aliphatic heterocycles. The molecule has 1 aromatic heterocycles. The molecule has 0 radical (unpaired) electrons. The summed E-state index contributed by atoms with van der Waals surface area (Å²) in [5.41, 5.74) is 0.682. The second kappa shape index (κ2) is 5.16. The van der Waals surface area contributed by atoms with E-state index in [1.54, 1.807) is 13.8 Å². The number of carboxylic acids is 1. The van der Waals surface area contributed by atoms with Gasteiger partial charge in [-0.3, -0.25) is 9.59 Å². The summed E-state index contributed by atoms with van der Waals surface area (Å²) in [4.78, 5) is 23.7. The van der Waals surface area contributed by atoms with Crippen molar-refractivity contribution < 1.29 is 19.2 Å². The molecule has 0 aliphatic carbocycles. The van der Waals surface area contributed by atoms with Crippen molar-refractivity contribution in [2.45, 2.75) is 13.8 Å². The van der Waals surface area contributed by atoms with Gasteiger partial charge in [-0.1, -0.05) is 11.1 Å². The van der Waals surface area contributed by atoms with Crippen LogP contribution in [-0.4, -0.2) is 40.1 Å². The summed E-state index contributed by atoms with van der Waals surface area (Å²) in [6.45, 7) is 2.67. The Morgan fingerprint density at radius 2 is 2.18 bits per heavy atom. The summed E-state index contributed by atoms with van der Waals surface area (Å²) in [5, 5.41) is 12.3. The van der Waals surface area contributed by atoms with Crippen LogP contribution >= 0.6 is 0 Å². The number of aliphatic carboxylic acids is 1. The van der Waals surface area contributed by atoms with Gasteiger partial charge in [0, 0.05) is 0 Å². The van der Waals surface area contributed by atoms with Gasteiger partial charge in [0.1, 0.15) is 17.9 Å². The number of rotatable bonds is 4. The van der Waals surface area contributed by atoms with Crippen LogP contribution in [0.4, 0.5) is 0 Å². The van der Waals surface area contributed by atoms with E-state index < -0.39 is 18.4 Å². The Morgan fingerprint density at radius 1 is 1.53 bits per heavy atom. The number of aryl methyl sites for hydroxylation is 2. The molecule has 90 valence electrons. The molecule has 0 atom stereocenters. The van der Waals surface area contributed by atoms with E-state index >= 15 is 0 Å². The van der Waals surface area contributed by atoms with Crippen molar-refractivity contribution in [2.75, 3.05) is 13.1 Å². The van der Waals surface area contributed by atoms with Crippen molar-refractivity contribution in [3.63, 3.8) is 0 Å². The molecule has 1 aromatic rings. The van der Waals surface area contributed by atoms with E-state index in [0.717, 1.165) is 4.90 Å². The fraction of sp³-hybridized carbons (Fsp3) is 0.364. The number of carbonyl (C=O) groups excluding carboxylic acids is 1. The predicted molar refractivity (Wildman–Crippen MR) is 58.3 cm³/mol. The molecule has 0 bridgehead atoms. The third kappa shape index (κ3) is 2.84. The Bertz CT molecular complexity index is 465. The van der Waals surface area contributed by atoms with Gasteiger partial charge in [0.2, 0.25) is 0 Å². The smallest absolute Gasteiger partial charge is 0.323 e. The highest BCUT2D eigenvalue weighted by molar-refractivity contribution is 5.97. The molecule has 0 saturated heterocycles. The monoisotopic (exact) mass is 236 g/mol. The van der Waals surface area contributed by atoms with Crippen molar-refractivity contribution in [3.8, 4) is 12.3 Å². The van der Waals surface area contributed by atoms with Crippen molar-refractivity contribution >= 4 is 11.9 Å². The van der Waals surface area contributed by atoms with Crippen LogP contribution in [0.1, 0.15) is 21.8 Å². The van der Waals surface area contributed by atoms with Crippen molar-refractivity contribution in [1.82, 2.24) is 10.1 Å². The molecule has 0 unspecified atom stereocenters. The second-order valence-corrected chi connectivity index (χ2v) is 3.46. The average molecular weight is 236 g/mol. The van der Waals surface area contributed by atoms with E-state index in [4.69, 9.17) is 16.1 Å². The van der Waals surface area contributed by atoms with Crippen LogP contribution in [0.5, 0.6) is 0 Å². The minimum Gasteiger partial charge on any atom is -0.480 e. The van der Waals surface area contributed by atoms with Gasteiger partial charge in [-0.2, -0.15) is 0 Å². The van der Waals surface area contributed by atoms with E-state index in [1.165, 1.54) is 0 Å². The first-order valence-corrected chi connectivity index (χ1v) is 4.84. The lowest BCUT2D eigenvalue weighted by atomic mass is 10.2. The largest absolute Gasteiger partial charge is 0.480 e. The number of carboxylic acid groups (broad SMARTS) is 1. The molecule has 1 N–H and O–H groups in total. The average Bonchev–Trinajstić information content (AvgIpc) is 2.56. The maximum Gasteiger partial charge on any atom is 0.323 e. The topological polar surface area (TPSA) is 83.6 Å². The van der Waals surface area contributed by atoms with Gasteiger partial charge in [0.15, 0.2) is 0 Å². The molecule has 1 amide bonds. The maximum atomic E-state index is 12.0. The van der Waals surface area contributed by atoms with Gasteiger partial charge in [-0.15, -0.1) is 6.42 Å². The highest BCUT2D eigenvalue weighted by Crippen LogP contribution is 2.14. The van der Waals surface area contributed by atoms with Crippen molar-refractivity contribution in [3.05, 3.63) is 17.0 Å². The fourth-order valence-corrected chi connectivity index (χ4v) is 1.42. The van der Waals surface area contributed by atoms with Crippen LogP contribution in [0.3, 0.4) is 0 Å². The van der Waals surface area contributed by atoms with Crippen molar-refractivity contribution in [2.24, 2.45) is 0 Å². The third-order valence-corrected chi connectivity index (χ3v) is 2.14. The van der Waals surface area contributed by atoms with E-state index in [1.807, 2.05) is 0 Å². The molecule has 6 nitrogen and oxygen atoms in total. The van der Waals surface area contributed by atoms with Crippen LogP contribution in [0.15, 0.2) is 4.52 Å². The van der Waals surface area contributed by atoms with Crippen LogP contribution in [0.25, 0.3) is 0 Å². The minimum atomic E-state index is -1.12. The first-order valence-electron chi connectivity index (χ1n) is 4.84. The Balaban J connectivity index is 3.00. The molecule has 0 aromatic carbocycles. The van der Waals surface area contributed by atoms with Gasteiger partial charge in [0.25, 0.3) is 5.91 Å². The molecule has 0 saturated carbocycles. The first-order chi connectivity index (χ1) is 7.97. The second-order valence-electron chi connectivity index (χ2n) is 3.46. The highest BCUT2D eigenvalue weighted by atomic mass is 16.5. The number of aromatic nitrogens is 1. The normalized spacial score (nSPS) is 9.71. The van der Waals surface area contributed by atoms with Crippen LogP contribution in [0.2, 0.25) is 0 Å². The minimum absolute atomic E-state index is 0.0742. The quantitative estimate of drug-likeness (QED) is 0.767. The molecular weight excluding hydrogens is 224 g/mol. The molecule has 0 fully saturated rings. The molecule has 1 heterocycles. The summed E-state index contributed by atoms with van der Waals surface area (Å²) in [7, 11) is 0. The maximum absolute atomic E-state index is 12.0. The van der Waals surface area contributed by atoms with E-state index in [-0.39, 0.29) is 12.1 Å². The lowest BCUT2D eigenvalue weighted by molar-refractivity contribution is -0.137. The lowest BCUT2D eigenvalue weighted by Gasteiger charge is -2.17. The summed E-state index contributed by atoms with van der Waals surface area (Å²) in [6.07, 6.45) is 5.10. The fourth-order valence-electron chi connectivity index (χ4n) is 1.42. The highest BCUT2D eigenvalue weighted by Gasteiger charge is 2.24. The van der Waals surface area contributed by atoms with Crippen molar-refractivity contribution in [1.29, 1.82) is 0 Å². The van der Waals surface area contributed by atoms with Gasteiger partial charge in [-0.25, -0.2) is 0 Å². The summed E-state index contributed by atoms with van der Waals surface area (Å²) >= 11 is 0. The number of hydrogen-bond donors (Lipinski definition) is 1. The Hall–Kier alpha value is -2.29. The molecular formula is C11H12N2O4. The van der Waals surface area contributed by atoms with E-state index in [2.05, 4.69) is 11.1 Å². The zero-order chi connectivity index (χ0) is 13.0. The number of carbonyl (C=O) groups is 2. The van der Waals surface area contributed by atoms with Gasteiger partial charge in [0.05, 0.1) is 12.2 Å². The summed E-state index contributed by atoms with van der Waals surface area (Å²) in [6, 6.07) is 0. The Morgan fingerprint density at radius 3 is 2.59 bits per heavy atom. The lowest BCUT2D eigenvalue weighted by Crippen LogP contribution is -2.36. The summed E-state index contributed by atoms with van der Waals surface area (Å²) < 4.78 is 4.85. The van der Waals surface area contributed by atoms with Crippen LogP contribution < -0.4 is 0 Å². The standard InChI is InChI=1S/C11H12N2O4/c1-4-5-13(6-9(14)15)11(16)10-7(2)12-17-8(10)3/h1H,5-6H2,2-3H3,(H,14,15). The van der Waals surface area contributed by atoms with Gasteiger partial charge >= 0.3 is 5.97 Å². The number of nitrogens with zero attached hydrogens (tertiary/aromatic N) is 2. The predicted octanol–water partition coefficient (Wildman–Crippen LogP) is 0.451. The Kier molecular flexibility index (Phi) is 3.88. The first kappa shape index (κ1) is 12.8. The van der Waals surface area contributed by atoms with E-state index in [9.17, 15) is 9.59 Å². The molecule has 6 heteroatoms. The van der Waals surface area contributed by atoms with Gasteiger partial charge < -0.3 is 14.5 Å².